The number of carboxylic acids is 2. The van der Waals surface area contributed by atoms with E-state index in [2.05, 4.69) is 14.5 Å². The number of hydrogen-bond donors (Lipinski definition) is 3. The van der Waals surface area contributed by atoms with Gasteiger partial charge in [0.25, 0.3) is 10.0 Å². The van der Waals surface area contributed by atoms with Crippen LogP contribution in [0.4, 0.5) is 24.5 Å². The molecule has 0 amide bonds. The maximum absolute atomic E-state index is 12.8. The molecule has 2 fully saturated rings. The summed E-state index contributed by atoms with van der Waals surface area (Å²) >= 11 is 0. The number of sulfonamides is 1. The summed E-state index contributed by atoms with van der Waals surface area (Å²) in [6.45, 7) is 7.26. The van der Waals surface area contributed by atoms with E-state index in [1.165, 1.54) is 51.4 Å². The molecule has 4 rings (SSSR count). The first kappa shape index (κ1) is 33.2. The molecule has 0 radical (unpaired) electrons. The van der Waals surface area contributed by atoms with E-state index < -0.39 is 28.1 Å². The summed E-state index contributed by atoms with van der Waals surface area (Å²) < 4.78 is 59.9. The van der Waals surface area contributed by atoms with E-state index in [1.807, 2.05) is 6.92 Å². The lowest BCUT2D eigenvalue weighted by Crippen LogP contribution is -2.37. The van der Waals surface area contributed by atoms with Crippen molar-refractivity contribution in [3.05, 3.63) is 53.6 Å². The molecule has 13 heteroatoms. The van der Waals surface area contributed by atoms with E-state index in [-0.39, 0.29) is 16.1 Å². The van der Waals surface area contributed by atoms with Crippen molar-refractivity contribution in [1.82, 2.24) is 4.90 Å². The second kappa shape index (κ2) is 14.7. The van der Waals surface area contributed by atoms with Crippen molar-refractivity contribution >= 4 is 33.3 Å². The highest BCUT2D eigenvalue weighted by Crippen LogP contribution is 2.31. The van der Waals surface area contributed by atoms with Gasteiger partial charge >= 0.3 is 18.1 Å². The summed E-state index contributed by atoms with van der Waals surface area (Å²) in [7, 11) is -3.80. The number of piperidine rings is 2. The fraction of sp³-hybridized carbons (Fsp3) is 0.517. The molecular formula is C29H38F3N3O6S. The van der Waals surface area contributed by atoms with Crippen LogP contribution in [0.2, 0.25) is 0 Å². The molecule has 0 aliphatic carbocycles. The van der Waals surface area contributed by atoms with Gasteiger partial charge in [0.15, 0.2) is 0 Å². The fourth-order valence-electron chi connectivity index (χ4n) is 5.18. The van der Waals surface area contributed by atoms with Gasteiger partial charge in [0, 0.05) is 18.8 Å². The maximum atomic E-state index is 12.8. The van der Waals surface area contributed by atoms with Gasteiger partial charge in [-0.3, -0.25) is 4.72 Å². The van der Waals surface area contributed by atoms with Crippen molar-refractivity contribution in [3.63, 3.8) is 0 Å². The van der Waals surface area contributed by atoms with Crippen LogP contribution in [0.5, 0.6) is 0 Å². The average molecular weight is 614 g/mol. The second-order valence-electron chi connectivity index (χ2n) is 10.6. The lowest BCUT2D eigenvalue weighted by atomic mass is 9.92. The standard InChI is InChI=1S/C27H37N3O4S.C2HF3O2/c1-2-21-6-9-24(10-7-21)35(33,34)28-23-8-11-26(25(20-23)27(31)32)30-18-13-22(14-19-30)12-17-29-15-4-3-5-16-29;3-2(4,5)1(6)7/h6-11,20,22,28H,2-5,12-19H2,1H3,(H,31,32);(H,6,7). The largest absolute Gasteiger partial charge is 0.490 e. The minimum Gasteiger partial charge on any atom is -0.478 e. The number of nitrogens with zero attached hydrogens (tertiary/aromatic N) is 2. The lowest BCUT2D eigenvalue weighted by Gasteiger charge is -2.35. The third-order valence-electron chi connectivity index (χ3n) is 7.62. The van der Waals surface area contributed by atoms with Crippen LogP contribution in [-0.2, 0) is 21.2 Å². The lowest BCUT2D eigenvalue weighted by molar-refractivity contribution is -0.192. The van der Waals surface area contributed by atoms with Gasteiger partial charge < -0.3 is 20.0 Å². The molecule has 42 heavy (non-hydrogen) atoms. The summed E-state index contributed by atoms with van der Waals surface area (Å²) in [6.07, 6.45) is 3.03. The number of nitrogens with one attached hydrogen (secondary N) is 1. The molecule has 3 N–H and O–H groups in total. The number of benzene rings is 2. The molecule has 232 valence electrons. The quantitative estimate of drug-likeness (QED) is 0.340. The molecule has 2 saturated heterocycles. The first-order valence-corrected chi connectivity index (χ1v) is 15.5. The highest BCUT2D eigenvalue weighted by Gasteiger charge is 2.38. The van der Waals surface area contributed by atoms with Crippen molar-refractivity contribution in [2.24, 2.45) is 5.92 Å². The number of rotatable bonds is 9. The maximum Gasteiger partial charge on any atom is 0.490 e. The summed E-state index contributed by atoms with van der Waals surface area (Å²) in [6, 6.07) is 11.5. The molecule has 0 aromatic heterocycles. The van der Waals surface area contributed by atoms with Crippen LogP contribution in [0.15, 0.2) is 47.4 Å². The van der Waals surface area contributed by atoms with Gasteiger partial charge in [-0.1, -0.05) is 25.5 Å². The third kappa shape index (κ3) is 9.62. The Balaban J connectivity index is 0.000000616. The number of hydrogen-bond acceptors (Lipinski definition) is 6. The smallest absolute Gasteiger partial charge is 0.478 e. The highest BCUT2D eigenvalue weighted by atomic mass is 32.2. The summed E-state index contributed by atoms with van der Waals surface area (Å²) in [5, 5.41) is 17.0. The topological polar surface area (TPSA) is 127 Å². The van der Waals surface area contributed by atoms with Crippen LogP contribution < -0.4 is 9.62 Å². The molecule has 0 unspecified atom stereocenters. The number of aromatic carboxylic acids is 1. The monoisotopic (exact) mass is 613 g/mol. The van der Waals surface area contributed by atoms with Crippen molar-refractivity contribution < 1.29 is 41.4 Å². The molecular weight excluding hydrogens is 575 g/mol. The predicted molar refractivity (Wildman–Crippen MR) is 154 cm³/mol. The van der Waals surface area contributed by atoms with Crippen molar-refractivity contribution in [1.29, 1.82) is 0 Å². The van der Waals surface area contributed by atoms with Crippen molar-refractivity contribution in [2.45, 2.75) is 62.9 Å². The van der Waals surface area contributed by atoms with E-state index >= 15 is 0 Å². The van der Waals surface area contributed by atoms with E-state index in [0.717, 1.165) is 37.9 Å². The fourth-order valence-corrected chi connectivity index (χ4v) is 6.23. The minimum absolute atomic E-state index is 0.123. The van der Waals surface area contributed by atoms with Gasteiger partial charge in [-0.2, -0.15) is 13.2 Å². The second-order valence-corrected chi connectivity index (χ2v) is 12.2. The van der Waals surface area contributed by atoms with E-state index in [9.17, 15) is 31.5 Å². The van der Waals surface area contributed by atoms with Gasteiger partial charge in [-0.15, -0.1) is 0 Å². The molecule has 0 atom stereocenters. The van der Waals surface area contributed by atoms with Crippen molar-refractivity contribution in [3.8, 4) is 0 Å². The molecule has 0 spiro atoms. The molecule has 2 aromatic carbocycles. The number of alkyl halides is 3. The first-order chi connectivity index (χ1) is 19.8. The Hall–Kier alpha value is -3.32. The molecule has 0 bridgehead atoms. The Bertz CT molecular complexity index is 1300. The SMILES string of the molecule is CCc1ccc(S(=O)(=O)Nc2ccc(N3CCC(CCN4CCCCC4)CC3)c(C(=O)O)c2)cc1.O=C(O)C(F)(F)F. The Morgan fingerprint density at radius 3 is 2.07 bits per heavy atom. The van der Waals surface area contributed by atoms with Gasteiger partial charge in [0.05, 0.1) is 16.1 Å². The van der Waals surface area contributed by atoms with Gasteiger partial charge in [0.2, 0.25) is 0 Å². The Kier molecular flexibility index (Phi) is 11.6. The van der Waals surface area contributed by atoms with Crippen LogP contribution in [0.1, 0.15) is 61.4 Å². The van der Waals surface area contributed by atoms with E-state index in [0.29, 0.717) is 11.6 Å². The number of carboxylic acid groups (broad SMARTS) is 2. The number of halogens is 3. The number of aliphatic carboxylic acids is 1. The average Bonchev–Trinajstić information content (AvgIpc) is 2.96. The van der Waals surface area contributed by atoms with Gasteiger partial charge in [-0.05, 0) is 100.0 Å². The van der Waals surface area contributed by atoms with Crippen LogP contribution in [-0.4, -0.2) is 74.4 Å². The number of anilines is 2. The summed E-state index contributed by atoms with van der Waals surface area (Å²) in [5.41, 5.74) is 2.08. The normalized spacial score (nSPS) is 16.8. The predicted octanol–water partition coefficient (Wildman–Crippen LogP) is 5.47. The van der Waals surface area contributed by atoms with E-state index in [1.54, 1.807) is 36.4 Å². The van der Waals surface area contributed by atoms with Crippen LogP contribution in [0.25, 0.3) is 0 Å². The van der Waals surface area contributed by atoms with Crippen molar-refractivity contribution in [2.75, 3.05) is 42.3 Å². The van der Waals surface area contributed by atoms with Crippen LogP contribution in [0, 0.1) is 5.92 Å². The Labute approximate surface area is 244 Å². The third-order valence-corrected chi connectivity index (χ3v) is 9.02. The molecule has 2 aliphatic rings. The van der Waals surface area contributed by atoms with Gasteiger partial charge in [0.1, 0.15) is 0 Å². The zero-order valence-electron chi connectivity index (χ0n) is 23.6. The molecule has 2 heterocycles. The zero-order valence-corrected chi connectivity index (χ0v) is 24.4. The molecule has 9 nitrogen and oxygen atoms in total. The Morgan fingerprint density at radius 1 is 0.952 bits per heavy atom. The van der Waals surface area contributed by atoms with Crippen LogP contribution >= 0.6 is 0 Å². The summed E-state index contributed by atoms with van der Waals surface area (Å²) in [4.78, 5) is 25.8. The number of carbonyl (C=O) groups is 2. The molecule has 2 aromatic rings. The minimum atomic E-state index is -5.08. The summed E-state index contributed by atoms with van der Waals surface area (Å²) in [5.74, 6) is -3.14. The van der Waals surface area contributed by atoms with Crippen LogP contribution in [0.3, 0.4) is 0 Å². The molecule has 0 saturated carbocycles. The number of aryl methyl sites for hydroxylation is 1. The zero-order chi connectivity index (χ0) is 30.9. The van der Waals surface area contributed by atoms with Gasteiger partial charge in [-0.25, -0.2) is 18.0 Å². The molecule has 2 aliphatic heterocycles. The first-order valence-electron chi connectivity index (χ1n) is 14.1. The number of likely N-dealkylation sites (tertiary alicyclic amines) is 1. The highest BCUT2D eigenvalue weighted by molar-refractivity contribution is 7.92. The Morgan fingerprint density at radius 2 is 1.55 bits per heavy atom. The van der Waals surface area contributed by atoms with E-state index in [4.69, 9.17) is 9.90 Å².